The number of carbonyl (C=O) groups is 2. The molecular formula is C27H32F4N6O3S. The number of halogens is 4. The van der Waals surface area contributed by atoms with E-state index in [-0.39, 0.29) is 40.7 Å². The van der Waals surface area contributed by atoms with Gasteiger partial charge in [0, 0.05) is 30.4 Å². The van der Waals surface area contributed by atoms with Gasteiger partial charge >= 0.3 is 6.09 Å². The van der Waals surface area contributed by atoms with Gasteiger partial charge < -0.3 is 20.3 Å². The summed E-state index contributed by atoms with van der Waals surface area (Å²) in [7, 11) is 1.55. The molecular weight excluding hydrogens is 564 g/mol. The molecule has 1 aliphatic heterocycles. The highest BCUT2D eigenvalue weighted by Gasteiger charge is 2.46. The molecule has 0 spiro atoms. The van der Waals surface area contributed by atoms with Crippen molar-refractivity contribution in [2.24, 2.45) is 7.05 Å². The fourth-order valence-electron chi connectivity index (χ4n) is 4.78. The molecule has 1 atom stereocenters. The SMILES string of the molecule is Cc1sc(-c2c(F)cccc2F)nc1C(=O)Nc1cnn(C)c1N1CC[C@@](C)(NC(=O)OC(C)(C)C)CC(F)(F)C1. The van der Waals surface area contributed by atoms with Crippen LogP contribution < -0.4 is 15.5 Å². The molecule has 2 aromatic heterocycles. The Morgan fingerprint density at radius 3 is 2.46 bits per heavy atom. The Morgan fingerprint density at radius 2 is 1.83 bits per heavy atom. The van der Waals surface area contributed by atoms with Gasteiger partial charge in [-0.15, -0.1) is 11.3 Å². The van der Waals surface area contributed by atoms with Crippen LogP contribution >= 0.6 is 11.3 Å². The van der Waals surface area contributed by atoms with Crippen LogP contribution in [-0.2, 0) is 11.8 Å². The van der Waals surface area contributed by atoms with Crippen molar-refractivity contribution in [3.8, 4) is 10.6 Å². The highest BCUT2D eigenvalue weighted by molar-refractivity contribution is 7.15. The van der Waals surface area contributed by atoms with E-state index in [0.29, 0.717) is 4.88 Å². The van der Waals surface area contributed by atoms with Crippen LogP contribution in [-0.4, -0.2) is 56.9 Å². The van der Waals surface area contributed by atoms with Gasteiger partial charge in [0.05, 0.1) is 18.3 Å². The van der Waals surface area contributed by atoms with Gasteiger partial charge in [-0.05, 0) is 53.2 Å². The zero-order chi connectivity index (χ0) is 30.3. The molecule has 1 aliphatic rings. The molecule has 14 heteroatoms. The van der Waals surface area contributed by atoms with Crippen molar-refractivity contribution in [3.05, 3.63) is 46.6 Å². The molecule has 0 bridgehead atoms. The minimum absolute atomic E-state index is 0.00130. The summed E-state index contributed by atoms with van der Waals surface area (Å²) in [4.78, 5) is 31.6. The number of nitrogens with zero attached hydrogens (tertiary/aromatic N) is 4. The summed E-state index contributed by atoms with van der Waals surface area (Å²) in [6, 6.07) is 3.43. The van der Waals surface area contributed by atoms with Crippen molar-refractivity contribution >= 4 is 34.8 Å². The standard InChI is InChI=1S/C27H32F4N6O3S/c1-15-20(34-22(41-15)19-16(28)8-7-9-17(19)29)21(38)33-18-12-32-36(6)23(18)37-11-10-26(5,13-27(30,31)14-37)35-24(39)40-25(2,3)4/h7-9,12H,10-11,13-14H2,1-6H3,(H,33,38)(H,35,39)/t26-/m1/s1. The zero-order valence-corrected chi connectivity index (χ0v) is 24.4. The van der Waals surface area contributed by atoms with Gasteiger partial charge in [-0.3, -0.25) is 9.48 Å². The van der Waals surface area contributed by atoms with Crippen molar-refractivity contribution in [2.75, 3.05) is 23.3 Å². The zero-order valence-electron chi connectivity index (χ0n) is 23.6. The molecule has 0 unspecified atom stereocenters. The lowest BCUT2D eigenvalue weighted by atomic mass is 9.91. The number of alkyl halides is 2. The summed E-state index contributed by atoms with van der Waals surface area (Å²) in [6.45, 7) is 7.60. The molecule has 222 valence electrons. The monoisotopic (exact) mass is 596 g/mol. The maximum Gasteiger partial charge on any atom is 0.408 e. The molecule has 3 heterocycles. The largest absolute Gasteiger partial charge is 0.444 e. The predicted octanol–water partition coefficient (Wildman–Crippen LogP) is 5.90. The molecule has 9 nitrogen and oxygen atoms in total. The van der Waals surface area contributed by atoms with E-state index in [1.54, 1.807) is 41.7 Å². The number of anilines is 2. The van der Waals surface area contributed by atoms with Gasteiger partial charge in [0.2, 0.25) is 0 Å². The number of ether oxygens (including phenoxy) is 1. The van der Waals surface area contributed by atoms with E-state index in [1.807, 2.05) is 0 Å². The molecule has 0 saturated carbocycles. The number of carbonyl (C=O) groups excluding carboxylic acids is 2. The topological polar surface area (TPSA) is 101 Å². The van der Waals surface area contributed by atoms with Crippen molar-refractivity contribution in [1.29, 1.82) is 0 Å². The summed E-state index contributed by atoms with van der Waals surface area (Å²) in [5.74, 6) is -5.29. The molecule has 3 aromatic rings. The van der Waals surface area contributed by atoms with Crippen LogP contribution in [0.25, 0.3) is 10.6 Å². The van der Waals surface area contributed by atoms with Crippen LogP contribution in [0.3, 0.4) is 0 Å². The quantitative estimate of drug-likeness (QED) is 0.356. The lowest BCUT2D eigenvalue weighted by Crippen LogP contribution is -2.50. The number of thiazole rings is 1. The van der Waals surface area contributed by atoms with Crippen molar-refractivity contribution in [3.63, 3.8) is 0 Å². The molecule has 41 heavy (non-hydrogen) atoms. The number of alkyl carbamates (subject to hydrolysis) is 1. The first kappa shape index (κ1) is 30.3. The Kier molecular flexibility index (Phi) is 8.09. The van der Waals surface area contributed by atoms with E-state index in [0.717, 1.165) is 23.5 Å². The van der Waals surface area contributed by atoms with Crippen LogP contribution in [0.2, 0.25) is 0 Å². The van der Waals surface area contributed by atoms with Crippen molar-refractivity contribution in [2.45, 2.75) is 64.5 Å². The minimum atomic E-state index is -3.21. The van der Waals surface area contributed by atoms with E-state index in [9.17, 15) is 18.4 Å². The maximum absolute atomic E-state index is 15.2. The third-order valence-corrected chi connectivity index (χ3v) is 7.44. The van der Waals surface area contributed by atoms with Crippen LogP contribution in [0.5, 0.6) is 0 Å². The number of aryl methyl sites for hydroxylation is 2. The Hall–Kier alpha value is -3.68. The number of nitrogens with one attached hydrogen (secondary N) is 2. The second kappa shape index (κ2) is 11.0. The van der Waals surface area contributed by atoms with E-state index in [4.69, 9.17) is 4.74 Å². The van der Waals surface area contributed by atoms with Crippen molar-refractivity contribution < 1.29 is 31.9 Å². The number of aromatic nitrogens is 3. The van der Waals surface area contributed by atoms with Crippen LogP contribution in [0, 0.1) is 18.6 Å². The second-order valence-corrected chi connectivity index (χ2v) is 12.6. The van der Waals surface area contributed by atoms with Gasteiger partial charge in [-0.25, -0.2) is 27.3 Å². The summed E-state index contributed by atoms with van der Waals surface area (Å²) >= 11 is 0.955. The molecule has 1 fully saturated rings. The Balaban J connectivity index is 1.56. The summed E-state index contributed by atoms with van der Waals surface area (Å²) in [5.41, 5.74) is -2.29. The highest BCUT2D eigenvalue weighted by atomic mass is 32.1. The van der Waals surface area contributed by atoms with Crippen LogP contribution in [0.1, 0.15) is 55.9 Å². The number of hydrogen-bond acceptors (Lipinski definition) is 7. The first-order valence-electron chi connectivity index (χ1n) is 12.9. The number of amides is 2. The highest BCUT2D eigenvalue weighted by Crippen LogP contribution is 2.38. The van der Waals surface area contributed by atoms with Crippen LogP contribution in [0.4, 0.5) is 33.9 Å². The van der Waals surface area contributed by atoms with Gasteiger partial charge in [0.1, 0.15) is 33.6 Å². The Bertz CT molecular complexity index is 1450. The fraction of sp³-hybridized carbons (Fsp3) is 0.481. The molecule has 1 saturated heterocycles. The first-order valence-corrected chi connectivity index (χ1v) is 13.7. The van der Waals surface area contributed by atoms with Gasteiger partial charge in [0.15, 0.2) is 5.82 Å². The lowest BCUT2D eigenvalue weighted by molar-refractivity contribution is -0.0195. The molecule has 4 rings (SSSR count). The summed E-state index contributed by atoms with van der Waals surface area (Å²) < 4.78 is 65.7. The number of rotatable bonds is 5. The number of benzene rings is 1. The van der Waals surface area contributed by atoms with E-state index in [2.05, 4.69) is 20.7 Å². The van der Waals surface area contributed by atoms with E-state index >= 15 is 8.78 Å². The normalized spacial score (nSPS) is 19.0. The van der Waals surface area contributed by atoms with Gasteiger partial charge in [-0.2, -0.15) is 5.10 Å². The second-order valence-electron chi connectivity index (χ2n) is 11.4. The predicted molar refractivity (Wildman–Crippen MR) is 148 cm³/mol. The Morgan fingerprint density at radius 1 is 1.17 bits per heavy atom. The summed E-state index contributed by atoms with van der Waals surface area (Å²) in [5, 5.41) is 9.42. The summed E-state index contributed by atoms with van der Waals surface area (Å²) in [6.07, 6.45) is 0.0744. The third-order valence-electron chi connectivity index (χ3n) is 6.45. The van der Waals surface area contributed by atoms with Crippen LogP contribution in [0.15, 0.2) is 24.4 Å². The van der Waals surface area contributed by atoms with Gasteiger partial charge in [0.25, 0.3) is 11.8 Å². The van der Waals surface area contributed by atoms with Gasteiger partial charge in [-0.1, -0.05) is 6.07 Å². The average Bonchev–Trinajstić information content (AvgIpc) is 3.33. The van der Waals surface area contributed by atoms with E-state index in [1.165, 1.54) is 21.8 Å². The average molecular weight is 597 g/mol. The minimum Gasteiger partial charge on any atom is -0.444 e. The lowest BCUT2D eigenvalue weighted by Gasteiger charge is -2.32. The molecule has 2 N–H and O–H groups in total. The molecule has 2 amide bonds. The molecule has 0 radical (unpaired) electrons. The fourth-order valence-corrected chi connectivity index (χ4v) is 5.74. The van der Waals surface area contributed by atoms with Crippen molar-refractivity contribution in [1.82, 2.24) is 20.1 Å². The maximum atomic E-state index is 15.2. The smallest absolute Gasteiger partial charge is 0.408 e. The molecule has 1 aromatic carbocycles. The first-order chi connectivity index (χ1) is 19.0. The molecule has 0 aliphatic carbocycles. The Labute approximate surface area is 238 Å². The third kappa shape index (κ3) is 6.97. The van der Waals surface area contributed by atoms with E-state index < -0.39 is 53.7 Å². The number of hydrogen-bond donors (Lipinski definition) is 2.